The number of halogens is 1. The number of sulfonamides is 1. The van der Waals surface area contributed by atoms with Gasteiger partial charge in [0.2, 0.25) is 0 Å². The minimum Gasteiger partial charge on any atom is -0.497 e. The lowest BCUT2D eigenvalue weighted by Gasteiger charge is -2.09. The molecule has 27 heavy (non-hydrogen) atoms. The van der Waals surface area contributed by atoms with E-state index in [1.807, 2.05) is 24.3 Å². The standard InChI is InChI=1S/C18H13ClN2O3S3/c1-24-14-3-5-15(6-4-14)25-16-7-2-13(10-12(16)11-20)21-27(22,23)18-9-8-17(19)26-18/h2-10,21H,1H3. The molecule has 1 heterocycles. The van der Waals surface area contributed by atoms with E-state index < -0.39 is 10.0 Å². The molecule has 0 aliphatic carbocycles. The Bertz CT molecular complexity index is 1100. The molecule has 3 aromatic rings. The Kier molecular flexibility index (Phi) is 5.97. The van der Waals surface area contributed by atoms with Crippen molar-refractivity contribution < 1.29 is 13.2 Å². The summed E-state index contributed by atoms with van der Waals surface area (Å²) >= 11 is 8.19. The molecule has 0 fully saturated rings. The number of ether oxygens (including phenoxy) is 1. The van der Waals surface area contributed by atoms with Crippen molar-refractivity contribution in [1.29, 1.82) is 5.26 Å². The quantitative estimate of drug-likeness (QED) is 0.572. The molecule has 0 aliphatic rings. The summed E-state index contributed by atoms with van der Waals surface area (Å²) in [6.07, 6.45) is 0. The van der Waals surface area contributed by atoms with E-state index in [9.17, 15) is 13.7 Å². The monoisotopic (exact) mass is 436 g/mol. The van der Waals surface area contributed by atoms with Crippen molar-refractivity contribution >= 4 is 50.4 Å². The van der Waals surface area contributed by atoms with Gasteiger partial charge in [0, 0.05) is 9.79 Å². The van der Waals surface area contributed by atoms with Crippen LogP contribution in [0.1, 0.15) is 5.56 Å². The number of rotatable bonds is 6. The molecule has 0 saturated carbocycles. The van der Waals surface area contributed by atoms with Gasteiger partial charge < -0.3 is 4.74 Å². The topological polar surface area (TPSA) is 79.2 Å². The van der Waals surface area contributed by atoms with Crippen LogP contribution in [-0.2, 0) is 10.0 Å². The minimum atomic E-state index is -3.74. The highest BCUT2D eigenvalue weighted by Gasteiger charge is 2.17. The van der Waals surface area contributed by atoms with E-state index in [2.05, 4.69) is 10.8 Å². The molecule has 0 amide bonds. The Morgan fingerprint density at radius 1 is 1.15 bits per heavy atom. The highest BCUT2D eigenvalue weighted by Crippen LogP contribution is 2.33. The second-order valence-corrected chi connectivity index (χ2v) is 10.0. The van der Waals surface area contributed by atoms with E-state index in [-0.39, 0.29) is 4.21 Å². The maximum Gasteiger partial charge on any atom is 0.271 e. The smallest absolute Gasteiger partial charge is 0.271 e. The summed E-state index contributed by atoms with van der Waals surface area (Å²) in [7, 11) is -2.15. The molecule has 1 N–H and O–H groups in total. The minimum absolute atomic E-state index is 0.114. The van der Waals surface area contributed by atoms with Gasteiger partial charge in [-0.2, -0.15) is 5.26 Å². The van der Waals surface area contributed by atoms with Crippen LogP contribution in [0.2, 0.25) is 4.34 Å². The number of nitrogens with one attached hydrogen (secondary N) is 1. The number of thiophene rings is 1. The lowest BCUT2D eigenvalue weighted by Crippen LogP contribution is -2.11. The first kappa shape index (κ1) is 19.6. The number of methoxy groups -OCH3 is 1. The fourth-order valence-electron chi connectivity index (χ4n) is 2.19. The molecule has 0 spiro atoms. The summed E-state index contributed by atoms with van der Waals surface area (Å²) in [5.74, 6) is 0.748. The lowest BCUT2D eigenvalue weighted by atomic mass is 10.2. The first-order chi connectivity index (χ1) is 12.9. The Morgan fingerprint density at radius 3 is 2.48 bits per heavy atom. The van der Waals surface area contributed by atoms with E-state index in [4.69, 9.17) is 16.3 Å². The van der Waals surface area contributed by atoms with Crippen molar-refractivity contribution in [2.45, 2.75) is 14.0 Å². The largest absolute Gasteiger partial charge is 0.497 e. The second kappa shape index (κ2) is 8.23. The van der Waals surface area contributed by atoms with Crippen LogP contribution in [0.15, 0.2) is 68.6 Å². The van der Waals surface area contributed by atoms with Crippen molar-refractivity contribution in [3.05, 3.63) is 64.5 Å². The summed E-state index contributed by atoms with van der Waals surface area (Å²) in [5.41, 5.74) is 0.690. The zero-order valence-electron chi connectivity index (χ0n) is 14.0. The third-order valence-corrected chi connectivity index (χ3v) is 7.64. The summed E-state index contributed by atoms with van der Waals surface area (Å²) in [6, 6.07) is 17.4. The summed E-state index contributed by atoms with van der Waals surface area (Å²) < 4.78 is 32.9. The fraction of sp³-hybridized carbons (Fsp3) is 0.0556. The SMILES string of the molecule is COc1ccc(Sc2ccc(NS(=O)(=O)c3ccc(Cl)s3)cc2C#N)cc1. The fourth-order valence-corrected chi connectivity index (χ4v) is 5.60. The zero-order chi connectivity index (χ0) is 19.4. The molecule has 0 atom stereocenters. The highest BCUT2D eigenvalue weighted by atomic mass is 35.5. The number of benzene rings is 2. The molecule has 0 saturated heterocycles. The Morgan fingerprint density at radius 2 is 1.89 bits per heavy atom. The molecule has 3 rings (SSSR count). The van der Waals surface area contributed by atoms with Gasteiger partial charge in [-0.25, -0.2) is 8.42 Å². The number of hydrogen-bond acceptors (Lipinski definition) is 6. The van der Waals surface area contributed by atoms with Crippen LogP contribution >= 0.6 is 34.7 Å². The van der Waals surface area contributed by atoms with E-state index in [0.717, 1.165) is 26.9 Å². The van der Waals surface area contributed by atoms with Gasteiger partial charge in [-0.1, -0.05) is 23.4 Å². The average molecular weight is 437 g/mol. The van der Waals surface area contributed by atoms with Gasteiger partial charge in [-0.3, -0.25) is 4.72 Å². The zero-order valence-corrected chi connectivity index (χ0v) is 17.2. The number of nitrogens with zero attached hydrogens (tertiary/aromatic N) is 1. The molecule has 9 heteroatoms. The Balaban J connectivity index is 1.82. The van der Waals surface area contributed by atoms with Crippen LogP contribution in [0.5, 0.6) is 5.75 Å². The third kappa shape index (κ3) is 4.76. The van der Waals surface area contributed by atoms with E-state index in [1.54, 1.807) is 19.2 Å². The van der Waals surface area contributed by atoms with Gasteiger partial charge >= 0.3 is 0 Å². The average Bonchev–Trinajstić information content (AvgIpc) is 3.11. The predicted octanol–water partition coefficient (Wildman–Crippen LogP) is 5.23. The van der Waals surface area contributed by atoms with Gasteiger partial charge in [0.15, 0.2) is 0 Å². The molecule has 0 aliphatic heterocycles. The molecule has 5 nitrogen and oxygen atoms in total. The molecule has 0 unspecified atom stereocenters. The van der Waals surface area contributed by atoms with Gasteiger partial charge in [0.05, 0.1) is 22.7 Å². The van der Waals surface area contributed by atoms with Gasteiger partial charge in [-0.05, 0) is 54.6 Å². The lowest BCUT2D eigenvalue weighted by molar-refractivity contribution is 0.414. The third-order valence-electron chi connectivity index (χ3n) is 3.45. The molecule has 138 valence electrons. The molecule has 0 radical (unpaired) electrons. The molecule has 2 aromatic carbocycles. The van der Waals surface area contributed by atoms with Crippen molar-refractivity contribution in [3.63, 3.8) is 0 Å². The van der Waals surface area contributed by atoms with E-state index >= 15 is 0 Å². The van der Waals surface area contributed by atoms with Crippen LogP contribution in [0.4, 0.5) is 5.69 Å². The van der Waals surface area contributed by atoms with Crippen molar-refractivity contribution in [2.24, 2.45) is 0 Å². The maximum absolute atomic E-state index is 12.4. The molecule has 0 bridgehead atoms. The van der Waals surface area contributed by atoms with Crippen molar-refractivity contribution in [3.8, 4) is 11.8 Å². The first-order valence-electron chi connectivity index (χ1n) is 7.55. The first-order valence-corrected chi connectivity index (χ1v) is 11.0. The Hall–Kier alpha value is -2.18. The molecule has 1 aromatic heterocycles. The van der Waals surface area contributed by atoms with Crippen LogP contribution in [0.25, 0.3) is 0 Å². The summed E-state index contributed by atoms with van der Waals surface area (Å²) in [6.45, 7) is 0. The van der Waals surface area contributed by atoms with E-state index in [0.29, 0.717) is 15.6 Å². The number of anilines is 1. The Labute approximate surface area is 170 Å². The van der Waals surface area contributed by atoms with Crippen molar-refractivity contribution in [2.75, 3.05) is 11.8 Å². The van der Waals surface area contributed by atoms with Gasteiger partial charge in [0.1, 0.15) is 16.0 Å². The van der Waals surface area contributed by atoms with Crippen LogP contribution in [0.3, 0.4) is 0 Å². The second-order valence-electron chi connectivity index (χ2n) is 5.26. The van der Waals surface area contributed by atoms with Gasteiger partial charge in [0.25, 0.3) is 10.0 Å². The maximum atomic E-state index is 12.4. The van der Waals surface area contributed by atoms with E-state index in [1.165, 1.54) is 30.0 Å². The van der Waals surface area contributed by atoms with Crippen LogP contribution in [0, 0.1) is 11.3 Å². The normalized spacial score (nSPS) is 11.0. The molecular weight excluding hydrogens is 424 g/mol. The predicted molar refractivity (Wildman–Crippen MR) is 108 cm³/mol. The number of nitriles is 1. The van der Waals surface area contributed by atoms with Crippen molar-refractivity contribution in [1.82, 2.24) is 0 Å². The van der Waals surface area contributed by atoms with Crippen LogP contribution < -0.4 is 9.46 Å². The number of hydrogen-bond donors (Lipinski definition) is 1. The summed E-state index contributed by atoms with van der Waals surface area (Å²) in [5, 5.41) is 9.45. The van der Waals surface area contributed by atoms with Gasteiger partial charge in [-0.15, -0.1) is 11.3 Å². The van der Waals surface area contributed by atoms with Crippen LogP contribution in [-0.4, -0.2) is 15.5 Å². The molecular formula is C18H13ClN2O3S3. The highest BCUT2D eigenvalue weighted by molar-refractivity contribution is 7.99. The summed E-state index contributed by atoms with van der Waals surface area (Å²) in [4.78, 5) is 1.67.